The van der Waals surface area contributed by atoms with Gasteiger partial charge in [-0.15, -0.1) is 6.58 Å². The highest BCUT2D eigenvalue weighted by atomic mass is 32.2. The maximum absolute atomic E-state index is 10.8. The van der Waals surface area contributed by atoms with Gasteiger partial charge in [0.25, 0.3) is 0 Å². The van der Waals surface area contributed by atoms with Crippen LogP contribution in [0.4, 0.5) is 0 Å². The van der Waals surface area contributed by atoms with Gasteiger partial charge in [-0.05, 0) is 6.42 Å². The Hall–Kier alpha value is -0.880. The minimum atomic E-state index is -2.79. The van der Waals surface area contributed by atoms with Crippen LogP contribution in [-0.4, -0.2) is 27.5 Å². The third kappa shape index (κ3) is 4.09. The first-order valence-electron chi connectivity index (χ1n) is 3.21. The number of rotatable bonds is 5. The Morgan fingerprint density at radius 1 is 1.75 bits per heavy atom. The number of methoxy groups -OCH3 is 1. The molecule has 0 aliphatic carbocycles. The zero-order chi connectivity index (χ0) is 9.56. The Bertz CT molecular complexity index is 228. The lowest BCUT2D eigenvalue weighted by Crippen LogP contribution is -2.36. The van der Waals surface area contributed by atoms with Gasteiger partial charge >= 0.3 is 5.97 Å². The molecule has 12 heavy (non-hydrogen) atoms. The van der Waals surface area contributed by atoms with Crippen LogP contribution in [0.1, 0.15) is 6.42 Å². The van der Waals surface area contributed by atoms with Crippen molar-refractivity contribution in [1.82, 2.24) is 4.72 Å². The highest BCUT2D eigenvalue weighted by Crippen LogP contribution is 1.94. The number of thiol groups is 1. The summed E-state index contributed by atoms with van der Waals surface area (Å²) in [6.07, 6.45) is 1.66. The average molecular weight is 193 g/mol. The quantitative estimate of drug-likeness (QED) is 0.341. The van der Waals surface area contributed by atoms with Gasteiger partial charge in [-0.2, -0.15) is 0 Å². The SMILES string of the molecule is C=CC[C@H](N[SH](=O)=O)C(=O)OC. The molecule has 5 nitrogen and oxygen atoms in total. The molecule has 6 heteroatoms. The Morgan fingerprint density at radius 3 is 2.67 bits per heavy atom. The largest absolute Gasteiger partial charge is 0.468 e. The average Bonchev–Trinajstić information content (AvgIpc) is 2.01. The van der Waals surface area contributed by atoms with Gasteiger partial charge in [0, 0.05) is 0 Å². The van der Waals surface area contributed by atoms with Crippen molar-refractivity contribution in [3.05, 3.63) is 12.7 Å². The first kappa shape index (κ1) is 11.1. The minimum absolute atomic E-state index is 0.218. The summed E-state index contributed by atoms with van der Waals surface area (Å²) in [6, 6.07) is -0.853. The van der Waals surface area contributed by atoms with Gasteiger partial charge in [0.1, 0.15) is 6.04 Å². The summed E-state index contributed by atoms with van der Waals surface area (Å²) in [5.41, 5.74) is 0. The number of ether oxygens (including phenoxy) is 1. The Balaban J connectivity index is 4.20. The molecule has 0 spiro atoms. The second kappa shape index (κ2) is 5.73. The summed E-state index contributed by atoms with van der Waals surface area (Å²) in [5.74, 6) is -0.617. The lowest BCUT2D eigenvalue weighted by atomic mass is 10.2. The molecule has 0 radical (unpaired) electrons. The molecule has 0 aliphatic heterocycles. The summed E-state index contributed by atoms with van der Waals surface area (Å²) in [4.78, 5) is 10.8. The number of carbonyl (C=O) groups is 1. The summed E-state index contributed by atoms with van der Waals surface area (Å²) in [5, 5.41) is 0. The van der Waals surface area contributed by atoms with E-state index in [-0.39, 0.29) is 6.42 Å². The molecule has 0 fully saturated rings. The molecule has 1 N–H and O–H groups in total. The van der Waals surface area contributed by atoms with Crippen LogP contribution in [0.25, 0.3) is 0 Å². The predicted molar refractivity (Wildman–Crippen MR) is 44.1 cm³/mol. The topological polar surface area (TPSA) is 72.5 Å². The molecule has 0 aromatic carbocycles. The number of carbonyl (C=O) groups excluding carboxylic acids is 1. The highest BCUT2D eigenvalue weighted by Gasteiger charge is 2.17. The number of esters is 1. The van der Waals surface area contributed by atoms with E-state index in [1.807, 2.05) is 4.72 Å². The second-order valence-corrected chi connectivity index (χ2v) is 2.76. The van der Waals surface area contributed by atoms with Crippen LogP contribution in [0.15, 0.2) is 12.7 Å². The van der Waals surface area contributed by atoms with E-state index in [2.05, 4.69) is 11.3 Å². The summed E-state index contributed by atoms with van der Waals surface area (Å²) < 4.78 is 26.8. The van der Waals surface area contributed by atoms with Gasteiger partial charge in [-0.25, -0.2) is 13.1 Å². The van der Waals surface area contributed by atoms with E-state index in [4.69, 9.17) is 0 Å². The van der Waals surface area contributed by atoms with Crippen molar-refractivity contribution in [1.29, 1.82) is 0 Å². The molecule has 0 saturated carbocycles. The molecular weight excluding hydrogens is 182 g/mol. The van der Waals surface area contributed by atoms with E-state index >= 15 is 0 Å². The third-order valence-corrected chi connectivity index (χ3v) is 1.67. The first-order valence-corrected chi connectivity index (χ1v) is 4.38. The van der Waals surface area contributed by atoms with Crippen molar-refractivity contribution in [2.75, 3.05) is 7.11 Å². The molecule has 0 saturated heterocycles. The van der Waals surface area contributed by atoms with E-state index in [0.717, 1.165) is 0 Å². The molecule has 0 rings (SSSR count). The van der Waals surface area contributed by atoms with E-state index < -0.39 is 22.9 Å². The molecule has 0 aromatic rings. The Labute approximate surface area is 72.5 Å². The zero-order valence-corrected chi connectivity index (χ0v) is 7.54. The molecule has 70 valence electrons. The van der Waals surface area contributed by atoms with Crippen LogP contribution in [0.3, 0.4) is 0 Å². The summed E-state index contributed by atoms with van der Waals surface area (Å²) in [7, 11) is -1.60. The van der Waals surface area contributed by atoms with Crippen LogP contribution < -0.4 is 4.72 Å². The van der Waals surface area contributed by atoms with Crippen molar-refractivity contribution in [3.8, 4) is 0 Å². The maximum Gasteiger partial charge on any atom is 0.324 e. The second-order valence-electron chi connectivity index (χ2n) is 1.99. The first-order chi connectivity index (χ1) is 5.61. The van der Waals surface area contributed by atoms with Crippen molar-refractivity contribution < 1.29 is 17.9 Å². The fraction of sp³-hybridized carbons (Fsp3) is 0.500. The number of hydrogen-bond acceptors (Lipinski definition) is 4. The lowest BCUT2D eigenvalue weighted by Gasteiger charge is -2.09. The summed E-state index contributed by atoms with van der Waals surface area (Å²) in [6.45, 7) is 3.38. The van der Waals surface area contributed by atoms with Gasteiger partial charge in [0.15, 0.2) is 0 Å². The van der Waals surface area contributed by atoms with Gasteiger partial charge < -0.3 is 4.74 Å². The molecule has 0 heterocycles. The van der Waals surface area contributed by atoms with E-state index in [0.29, 0.717) is 0 Å². The van der Waals surface area contributed by atoms with Crippen molar-refractivity contribution in [2.45, 2.75) is 12.5 Å². The smallest absolute Gasteiger partial charge is 0.324 e. The number of hydrogen-bond donors (Lipinski definition) is 2. The Kier molecular flexibility index (Phi) is 5.31. The minimum Gasteiger partial charge on any atom is -0.468 e. The monoisotopic (exact) mass is 193 g/mol. The zero-order valence-electron chi connectivity index (χ0n) is 6.65. The molecule has 0 bridgehead atoms. The van der Waals surface area contributed by atoms with E-state index in [1.54, 1.807) is 0 Å². The van der Waals surface area contributed by atoms with Crippen LogP contribution in [0.2, 0.25) is 0 Å². The fourth-order valence-corrected chi connectivity index (χ4v) is 1.10. The normalized spacial score (nSPS) is 12.5. The van der Waals surface area contributed by atoms with Crippen LogP contribution >= 0.6 is 0 Å². The molecule has 0 amide bonds. The van der Waals surface area contributed by atoms with E-state index in [1.165, 1.54) is 13.2 Å². The van der Waals surface area contributed by atoms with Gasteiger partial charge in [0.05, 0.1) is 7.11 Å². The van der Waals surface area contributed by atoms with Crippen molar-refractivity contribution in [3.63, 3.8) is 0 Å². The molecule has 0 aliphatic rings. The van der Waals surface area contributed by atoms with Crippen molar-refractivity contribution in [2.24, 2.45) is 0 Å². The third-order valence-electron chi connectivity index (χ3n) is 1.15. The summed E-state index contributed by atoms with van der Waals surface area (Å²) >= 11 is 0. The molecule has 0 aromatic heterocycles. The van der Waals surface area contributed by atoms with E-state index in [9.17, 15) is 13.2 Å². The lowest BCUT2D eigenvalue weighted by molar-refractivity contribution is -0.142. The molecular formula is C6H11NO4S. The predicted octanol–water partition coefficient (Wildman–Crippen LogP) is -0.780. The molecule has 1 atom stereocenters. The number of nitrogens with one attached hydrogen (secondary N) is 1. The van der Waals surface area contributed by atoms with Gasteiger partial charge in [0.2, 0.25) is 10.9 Å². The van der Waals surface area contributed by atoms with Crippen LogP contribution in [-0.2, 0) is 20.4 Å². The van der Waals surface area contributed by atoms with Gasteiger partial charge in [-0.1, -0.05) is 6.08 Å². The van der Waals surface area contributed by atoms with Crippen molar-refractivity contribution >= 4 is 16.9 Å². The van der Waals surface area contributed by atoms with Crippen LogP contribution in [0.5, 0.6) is 0 Å². The van der Waals surface area contributed by atoms with Crippen LogP contribution in [0, 0.1) is 0 Å². The Morgan fingerprint density at radius 2 is 2.33 bits per heavy atom. The highest BCUT2D eigenvalue weighted by molar-refractivity contribution is 7.70. The maximum atomic E-state index is 10.8. The van der Waals surface area contributed by atoms with Gasteiger partial charge in [-0.3, -0.25) is 4.79 Å². The fourth-order valence-electron chi connectivity index (χ4n) is 0.638. The molecule has 0 unspecified atom stereocenters. The standard InChI is InChI=1S/C6H11NO4S/c1-3-4-5(6(8)11-2)7-12(9)10/h3,5,12H,1,4H2,2H3,(H,7,9,10)/t5-/m0/s1.